The topological polar surface area (TPSA) is 76.1 Å². The van der Waals surface area contributed by atoms with Crippen molar-refractivity contribution in [2.45, 2.75) is 26.2 Å². The Balaban J connectivity index is 1.40. The summed E-state index contributed by atoms with van der Waals surface area (Å²) in [5.74, 6) is 0.421. The first-order chi connectivity index (χ1) is 13.9. The zero-order valence-corrected chi connectivity index (χ0v) is 17.0. The molecule has 0 spiro atoms. The van der Waals surface area contributed by atoms with Crippen molar-refractivity contribution in [2.24, 2.45) is 0 Å². The number of hydrogen-bond donors (Lipinski definition) is 2. The van der Waals surface area contributed by atoms with E-state index in [4.69, 9.17) is 4.74 Å². The minimum absolute atomic E-state index is 0.0836. The minimum atomic E-state index is -0.275. The molecule has 0 aliphatic heterocycles. The molecule has 2 amide bonds. The fraction of sp³-hybridized carbons (Fsp3) is 0.261. The number of carbonyl (C=O) groups excluding carboxylic acids is 1. The van der Waals surface area contributed by atoms with Crippen molar-refractivity contribution in [1.82, 2.24) is 15.5 Å². The molecule has 1 heterocycles. The second kappa shape index (κ2) is 9.19. The van der Waals surface area contributed by atoms with Gasteiger partial charge in [-0.05, 0) is 29.2 Å². The first-order valence-electron chi connectivity index (χ1n) is 9.59. The van der Waals surface area contributed by atoms with Crippen LogP contribution in [0.1, 0.15) is 26.3 Å². The smallest absolute Gasteiger partial charge is 0.319 e. The lowest BCUT2D eigenvalue weighted by Crippen LogP contribution is -2.32. The maximum Gasteiger partial charge on any atom is 0.319 e. The molecule has 2 aromatic carbocycles. The highest BCUT2D eigenvalue weighted by molar-refractivity contribution is 5.89. The molecule has 0 bridgehead atoms. The average Bonchev–Trinajstić information content (AvgIpc) is 2.72. The van der Waals surface area contributed by atoms with Crippen LogP contribution in [0, 0.1) is 0 Å². The van der Waals surface area contributed by atoms with Gasteiger partial charge in [-0.15, -0.1) is 10.2 Å². The Labute approximate surface area is 171 Å². The minimum Gasteiger partial charge on any atom is -0.475 e. The molecule has 6 nitrogen and oxygen atoms in total. The number of ether oxygens (including phenoxy) is 1. The van der Waals surface area contributed by atoms with Gasteiger partial charge in [0.2, 0.25) is 5.88 Å². The van der Waals surface area contributed by atoms with Gasteiger partial charge >= 0.3 is 6.03 Å². The maximum absolute atomic E-state index is 12.0. The fourth-order valence-corrected chi connectivity index (χ4v) is 2.71. The normalized spacial score (nSPS) is 11.0. The molecule has 2 N–H and O–H groups in total. The van der Waals surface area contributed by atoms with Gasteiger partial charge in [-0.2, -0.15) is 0 Å². The van der Waals surface area contributed by atoms with Crippen molar-refractivity contribution in [2.75, 3.05) is 18.5 Å². The Kier molecular flexibility index (Phi) is 6.44. The molecular formula is C23H26N4O2. The third-order valence-corrected chi connectivity index (χ3v) is 4.36. The van der Waals surface area contributed by atoms with Gasteiger partial charge in [-0.1, -0.05) is 63.2 Å². The molecule has 0 unspecified atom stereocenters. The van der Waals surface area contributed by atoms with Crippen LogP contribution in [-0.4, -0.2) is 29.4 Å². The largest absolute Gasteiger partial charge is 0.475 e. The summed E-state index contributed by atoms with van der Waals surface area (Å²) in [6.07, 6.45) is 0. The number of rotatable bonds is 6. The van der Waals surface area contributed by atoms with Gasteiger partial charge < -0.3 is 15.4 Å². The van der Waals surface area contributed by atoms with E-state index in [0.29, 0.717) is 19.0 Å². The quantitative estimate of drug-likeness (QED) is 0.601. The molecule has 150 valence electrons. The zero-order valence-electron chi connectivity index (χ0n) is 17.0. The predicted octanol–water partition coefficient (Wildman–Crippen LogP) is 4.64. The van der Waals surface area contributed by atoms with E-state index in [9.17, 15) is 4.79 Å². The first kappa shape index (κ1) is 20.3. The van der Waals surface area contributed by atoms with Crippen molar-refractivity contribution in [3.63, 3.8) is 0 Å². The Bertz CT molecular complexity index is 918. The molecule has 6 heteroatoms. The fourth-order valence-electron chi connectivity index (χ4n) is 2.71. The van der Waals surface area contributed by atoms with Gasteiger partial charge in [0.1, 0.15) is 6.61 Å². The van der Waals surface area contributed by atoms with Gasteiger partial charge in [0.25, 0.3) is 0 Å². The van der Waals surface area contributed by atoms with Crippen molar-refractivity contribution >= 4 is 11.7 Å². The molecule has 29 heavy (non-hydrogen) atoms. The molecule has 0 radical (unpaired) electrons. The molecule has 1 aromatic heterocycles. The molecule has 0 atom stereocenters. The third-order valence-electron chi connectivity index (χ3n) is 4.36. The number of benzene rings is 2. The second-order valence-electron chi connectivity index (χ2n) is 7.68. The molecule has 0 aliphatic carbocycles. The molecule has 0 saturated heterocycles. The highest BCUT2D eigenvalue weighted by Gasteiger charge is 2.13. The van der Waals surface area contributed by atoms with E-state index in [2.05, 4.69) is 41.6 Å². The second-order valence-corrected chi connectivity index (χ2v) is 7.68. The van der Waals surface area contributed by atoms with Crippen LogP contribution in [0.2, 0.25) is 0 Å². The van der Waals surface area contributed by atoms with Crippen LogP contribution in [-0.2, 0) is 5.41 Å². The number of urea groups is 1. The summed E-state index contributed by atoms with van der Waals surface area (Å²) in [7, 11) is 0. The van der Waals surface area contributed by atoms with Crippen molar-refractivity contribution in [1.29, 1.82) is 0 Å². The molecule has 3 aromatic rings. The number of amides is 2. The molecule has 0 aliphatic rings. The van der Waals surface area contributed by atoms with E-state index >= 15 is 0 Å². The van der Waals surface area contributed by atoms with Gasteiger partial charge in [-0.25, -0.2) is 4.79 Å². The monoisotopic (exact) mass is 390 g/mol. The van der Waals surface area contributed by atoms with E-state index in [1.165, 1.54) is 5.56 Å². The Morgan fingerprint density at radius 3 is 2.28 bits per heavy atom. The summed E-state index contributed by atoms with van der Waals surface area (Å²) >= 11 is 0. The van der Waals surface area contributed by atoms with Crippen LogP contribution >= 0.6 is 0 Å². The number of nitrogens with zero attached hydrogens (tertiary/aromatic N) is 2. The standard InChI is InChI=1S/C23H26N4O2/c1-23(2,3)18-9-11-19(12-10-18)25-22(28)24-15-16-29-21-14-13-20(26-27-21)17-7-5-4-6-8-17/h4-14H,15-16H2,1-3H3,(H2,24,25,28). The maximum atomic E-state index is 12.0. The SMILES string of the molecule is CC(C)(C)c1ccc(NC(=O)NCCOc2ccc(-c3ccccc3)nn2)cc1. The summed E-state index contributed by atoms with van der Waals surface area (Å²) in [6, 6.07) is 21.0. The number of carbonyl (C=O) groups is 1. The molecule has 0 fully saturated rings. The van der Waals surface area contributed by atoms with Crippen LogP contribution in [0.15, 0.2) is 66.7 Å². The van der Waals surface area contributed by atoms with E-state index < -0.39 is 0 Å². The summed E-state index contributed by atoms with van der Waals surface area (Å²) < 4.78 is 5.53. The number of anilines is 1. The first-order valence-corrected chi connectivity index (χ1v) is 9.59. The lowest BCUT2D eigenvalue weighted by molar-refractivity contribution is 0.246. The lowest BCUT2D eigenvalue weighted by atomic mass is 9.87. The lowest BCUT2D eigenvalue weighted by Gasteiger charge is -2.19. The summed E-state index contributed by atoms with van der Waals surface area (Å²) in [4.78, 5) is 12.0. The van der Waals surface area contributed by atoms with E-state index in [-0.39, 0.29) is 11.4 Å². The highest BCUT2D eigenvalue weighted by Crippen LogP contribution is 2.23. The van der Waals surface area contributed by atoms with Gasteiger partial charge in [0.05, 0.1) is 12.2 Å². The van der Waals surface area contributed by atoms with Gasteiger partial charge in [-0.3, -0.25) is 0 Å². The molecular weight excluding hydrogens is 364 g/mol. The Hall–Kier alpha value is -3.41. The van der Waals surface area contributed by atoms with Gasteiger partial charge in [0.15, 0.2) is 0 Å². The Morgan fingerprint density at radius 1 is 0.931 bits per heavy atom. The van der Waals surface area contributed by atoms with Crippen LogP contribution in [0.25, 0.3) is 11.3 Å². The average molecular weight is 390 g/mol. The third kappa shape index (κ3) is 6.04. The number of nitrogens with one attached hydrogen (secondary N) is 2. The van der Waals surface area contributed by atoms with Crippen molar-refractivity contribution in [3.05, 3.63) is 72.3 Å². The summed E-state index contributed by atoms with van der Waals surface area (Å²) in [5.41, 5.74) is 3.84. The van der Waals surface area contributed by atoms with Crippen LogP contribution in [0.4, 0.5) is 10.5 Å². The van der Waals surface area contributed by atoms with Crippen molar-refractivity contribution < 1.29 is 9.53 Å². The van der Waals surface area contributed by atoms with Gasteiger partial charge in [0, 0.05) is 17.3 Å². The summed E-state index contributed by atoms with van der Waals surface area (Å²) in [6.45, 7) is 7.12. The number of hydrogen-bond acceptors (Lipinski definition) is 4. The Morgan fingerprint density at radius 2 is 1.66 bits per heavy atom. The van der Waals surface area contributed by atoms with E-state index in [1.807, 2.05) is 60.7 Å². The van der Waals surface area contributed by atoms with E-state index in [0.717, 1.165) is 16.9 Å². The number of aromatic nitrogens is 2. The van der Waals surface area contributed by atoms with Crippen LogP contribution in [0.5, 0.6) is 5.88 Å². The molecule has 0 saturated carbocycles. The predicted molar refractivity (Wildman–Crippen MR) is 115 cm³/mol. The highest BCUT2D eigenvalue weighted by atomic mass is 16.5. The van der Waals surface area contributed by atoms with Crippen LogP contribution < -0.4 is 15.4 Å². The molecule has 3 rings (SSSR count). The zero-order chi connectivity index (χ0) is 20.7. The van der Waals surface area contributed by atoms with Crippen molar-refractivity contribution in [3.8, 4) is 17.1 Å². The summed E-state index contributed by atoms with van der Waals surface area (Å²) in [5, 5.41) is 13.8. The van der Waals surface area contributed by atoms with E-state index in [1.54, 1.807) is 6.07 Å². The van der Waals surface area contributed by atoms with Crippen LogP contribution in [0.3, 0.4) is 0 Å².